The molecular weight excluding hydrogens is 302 g/mol. The first kappa shape index (κ1) is 13.3. The maximum absolute atomic E-state index is 12.9. The number of rotatable bonds is 3. The molecule has 0 atom stereocenters. The molecule has 2 aromatic rings. The second-order valence-electron chi connectivity index (χ2n) is 3.56. The van der Waals surface area contributed by atoms with Crippen LogP contribution in [0.1, 0.15) is 5.56 Å². The Hall–Kier alpha value is -1.11. The highest BCUT2D eigenvalue weighted by molar-refractivity contribution is 8.13. The normalized spacial score (nSPS) is 11.7. The Bertz CT molecular complexity index is 685. The van der Waals surface area contributed by atoms with E-state index in [2.05, 4.69) is 5.10 Å². The van der Waals surface area contributed by atoms with Crippen LogP contribution in [0.5, 0.6) is 0 Å². The molecule has 96 valence electrons. The summed E-state index contributed by atoms with van der Waals surface area (Å²) in [5, 5.41) is 3.85. The van der Waals surface area contributed by atoms with Crippen molar-refractivity contribution in [1.82, 2.24) is 9.78 Å². The van der Waals surface area contributed by atoms with Crippen LogP contribution in [-0.2, 0) is 15.6 Å². The second kappa shape index (κ2) is 4.87. The molecule has 1 heterocycles. The summed E-state index contributed by atoms with van der Waals surface area (Å²) >= 11 is 5.64. The number of aromatic nitrogens is 2. The third-order valence-electron chi connectivity index (χ3n) is 2.22. The molecular formula is C10H7Cl2FN2O2S. The molecule has 0 radical (unpaired) electrons. The molecule has 0 unspecified atom stereocenters. The van der Waals surface area contributed by atoms with Crippen LogP contribution in [0.15, 0.2) is 35.5 Å². The lowest BCUT2D eigenvalue weighted by Gasteiger charge is -2.02. The lowest BCUT2D eigenvalue weighted by atomic mass is 10.2. The lowest BCUT2D eigenvalue weighted by molar-refractivity contribution is 0.609. The Morgan fingerprint density at radius 2 is 2.11 bits per heavy atom. The average Bonchev–Trinajstić information content (AvgIpc) is 2.72. The molecule has 1 aromatic carbocycles. The predicted octanol–water partition coefficient (Wildman–Crippen LogP) is 2.65. The van der Waals surface area contributed by atoms with Crippen molar-refractivity contribution in [3.05, 3.63) is 47.0 Å². The molecule has 8 heteroatoms. The summed E-state index contributed by atoms with van der Waals surface area (Å²) in [4.78, 5) is -0.0858. The fraction of sp³-hybridized carbons (Fsp3) is 0.100. The lowest BCUT2D eigenvalue weighted by Crippen LogP contribution is -2.00. The molecule has 4 nitrogen and oxygen atoms in total. The Kier molecular flexibility index (Phi) is 3.61. The van der Waals surface area contributed by atoms with Gasteiger partial charge < -0.3 is 0 Å². The van der Waals surface area contributed by atoms with E-state index in [1.807, 2.05) is 0 Å². The molecule has 0 spiro atoms. The van der Waals surface area contributed by atoms with Crippen LogP contribution in [0, 0.1) is 5.82 Å². The van der Waals surface area contributed by atoms with Crippen molar-refractivity contribution >= 4 is 31.3 Å². The minimum atomic E-state index is -3.79. The summed E-state index contributed by atoms with van der Waals surface area (Å²) in [6.45, 7) is 0.270. The average molecular weight is 309 g/mol. The molecule has 2 rings (SSSR count). The zero-order valence-corrected chi connectivity index (χ0v) is 11.2. The molecule has 0 saturated carbocycles. The monoisotopic (exact) mass is 308 g/mol. The standard InChI is InChI=1S/C10H7Cl2FN2O2S/c11-9-3-7(1-2-10(9)13)5-15-6-8(4-14-15)18(12,16)17/h1-4,6H,5H2. The van der Waals surface area contributed by atoms with Gasteiger partial charge in [0.15, 0.2) is 0 Å². The van der Waals surface area contributed by atoms with E-state index in [0.29, 0.717) is 5.56 Å². The van der Waals surface area contributed by atoms with Crippen molar-refractivity contribution in [3.8, 4) is 0 Å². The molecule has 0 aliphatic rings. The van der Waals surface area contributed by atoms with Gasteiger partial charge in [0, 0.05) is 16.9 Å². The minimum Gasteiger partial charge on any atom is -0.267 e. The maximum Gasteiger partial charge on any atom is 0.264 e. The highest BCUT2D eigenvalue weighted by atomic mass is 35.7. The van der Waals surface area contributed by atoms with Gasteiger partial charge in [0.25, 0.3) is 9.05 Å². The van der Waals surface area contributed by atoms with E-state index in [9.17, 15) is 12.8 Å². The van der Waals surface area contributed by atoms with Crippen LogP contribution in [0.25, 0.3) is 0 Å². The second-order valence-corrected chi connectivity index (χ2v) is 6.53. The molecule has 0 fully saturated rings. The number of nitrogens with zero attached hydrogens (tertiary/aromatic N) is 2. The fourth-order valence-corrected chi connectivity index (χ4v) is 2.24. The van der Waals surface area contributed by atoms with Crippen molar-refractivity contribution in [2.45, 2.75) is 11.4 Å². The first-order valence-corrected chi connectivity index (χ1v) is 7.46. The van der Waals surface area contributed by atoms with Gasteiger partial charge >= 0.3 is 0 Å². The predicted molar refractivity (Wildman–Crippen MR) is 65.8 cm³/mol. The first-order valence-electron chi connectivity index (χ1n) is 4.77. The maximum atomic E-state index is 12.9. The molecule has 0 saturated heterocycles. The van der Waals surface area contributed by atoms with Gasteiger partial charge in [0.2, 0.25) is 0 Å². The van der Waals surface area contributed by atoms with Crippen LogP contribution in [0.4, 0.5) is 4.39 Å². The van der Waals surface area contributed by atoms with E-state index in [0.717, 1.165) is 6.20 Å². The molecule has 1 aromatic heterocycles. The molecule has 0 N–H and O–H groups in total. The highest BCUT2D eigenvalue weighted by Gasteiger charge is 2.12. The van der Waals surface area contributed by atoms with Crippen LogP contribution < -0.4 is 0 Å². The van der Waals surface area contributed by atoms with E-state index in [-0.39, 0.29) is 16.5 Å². The quantitative estimate of drug-likeness (QED) is 0.819. The van der Waals surface area contributed by atoms with Crippen LogP contribution >= 0.6 is 22.3 Å². The molecule has 0 bridgehead atoms. The first-order chi connectivity index (χ1) is 8.36. The van der Waals surface area contributed by atoms with E-state index in [1.54, 1.807) is 0 Å². The number of hydrogen-bond donors (Lipinski definition) is 0. The Morgan fingerprint density at radius 1 is 1.39 bits per heavy atom. The van der Waals surface area contributed by atoms with Gasteiger partial charge in [-0.15, -0.1) is 0 Å². The summed E-state index contributed by atoms with van der Waals surface area (Å²) in [5.41, 5.74) is 0.697. The molecule has 0 aliphatic heterocycles. The Morgan fingerprint density at radius 3 is 2.67 bits per heavy atom. The molecule has 18 heavy (non-hydrogen) atoms. The van der Waals surface area contributed by atoms with Gasteiger partial charge in [-0.05, 0) is 17.7 Å². The van der Waals surface area contributed by atoms with Gasteiger partial charge in [-0.2, -0.15) is 5.10 Å². The van der Waals surface area contributed by atoms with Crippen LogP contribution in [-0.4, -0.2) is 18.2 Å². The Balaban J connectivity index is 2.24. The molecule has 0 aliphatic carbocycles. The molecule has 0 amide bonds. The van der Waals surface area contributed by atoms with Gasteiger partial charge in [-0.25, -0.2) is 12.8 Å². The summed E-state index contributed by atoms with van der Waals surface area (Å²) in [7, 11) is 1.38. The van der Waals surface area contributed by atoms with Gasteiger partial charge in [-0.3, -0.25) is 4.68 Å². The summed E-state index contributed by atoms with van der Waals surface area (Å²) in [5.74, 6) is -0.509. The fourth-order valence-electron chi connectivity index (χ4n) is 1.38. The summed E-state index contributed by atoms with van der Waals surface area (Å²) < 4.78 is 36.4. The minimum absolute atomic E-state index is 0.00449. The van der Waals surface area contributed by atoms with Crippen molar-refractivity contribution in [2.24, 2.45) is 0 Å². The van der Waals surface area contributed by atoms with Crippen LogP contribution in [0.2, 0.25) is 5.02 Å². The summed E-state index contributed by atoms with van der Waals surface area (Å²) in [6.07, 6.45) is 2.44. The topological polar surface area (TPSA) is 52.0 Å². The van der Waals surface area contributed by atoms with E-state index in [1.165, 1.54) is 29.1 Å². The van der Waals surface area contributed by atoms with E-state index >= 15 is 0 Å². The van der Waals surface area contributed by atoms with E-state index in [4.69, 9.17) is 22.3 Å². The SMILES string of the molecule is O=S(=O)(Cl)c1cnn(Cc2ccc(F)c(Cl)c2)c1. The third kappa shape index (κ3) is 3.01. The van der Waals surface area contributed by atoms with Gasteiger partial charge in [0.1, 0.15) is 10.7 Å². The number of hydrogen-bond acceptors (Lipinski definition) is 3. The summed E-state index contributed by atoms with van der Waals surface area (Å²) in [6, 6.07) is 4.23. The number of halogens is 3. The zero-order chi connectivity index (χ0) is 13.3. The Labute approximate surface area is 112 Å². The van der Waals surface area contributed by atoms with Crippen molar-refractivity contribution < 1.29 is 12.8 Å². The largest absolute Gasteiger partial charge is 0.267 e. The van der Waals surface area contributed by atoms with Crippen molar-refractivity contribution in [2.75, 3.05) is 0 Å². The van der Waals surface area contributed by atoms with Crippen LogP contribution in [0.3, 0.4) is 0 Å². The van der Waals surface area contributed by atoms with Gasteiger partial charge in [-0.1, -0.05) is 17.7 Å². The van der Waals surface area contributed by atoms with E-state index < -0.39 is 14.9 Å². The van der Waals surface area contributed by atoms with Gasteiger partial charge in [0.05, 0.1) is 17.8 Å². The smallest absolute Gasteiger partial charge is 0.264 e. The highest BCUT2D eigenvalue weighted by Crippen LogP contribution is 2.18. The third-order valence-corrected chi connectivity index (χ3v) is 3.82. The van der Waals surface area contributed by atoms with Crippen molar-refractivity contribution in [1.29, 1.82) is 0 Å². The van der Waals surface area contributed by atoms with Crippen molar-refractivity contribution in [3.63, 3.8) is 0 Å². The zero-order valence-electron chi connectivity index (χ0n) is 8.85. The number of benzene rings is 1.